The summed E-state index contributed by atoms with van der Waals surface area (Å²) in [7, 11) is 0. The Morgan fingerprint density at radius 1 is 0.457 bits per heavy atom. The van der Waals surface area contributed by atoms with Crippen molar-refractivity contribution in [2.75, 3.05) is 0 Å². The van der Waals surface area contributed by atoms with Crippen LogP contribution in [0.4, 0.5) is 0 Å². The van der Waals surface area contributed by atoms with Crippen LogP contribution >= 0.6 is 0 Å². The van der Waals surface area contributed by atoms with Crippen LogP contribution < -0.4 is 5.73 Å². The Balaban J connectivity index is 1.31. The second-order valence-corrected chi connectivity index (χ2v) is 11.6. The van der Waals surface area contributed by atoms with Gasteiger partial charge in [-0.25, -0.2) is 4.99 Å². The van der Waals surface area contributed by atoms with Crippen molar-refractivity contribution in [3.05, 3.63) is 180 Å². The number of amidine groups is 2. The summed E-state index contributed by atoms with van der Waals surface area (Å²) in [6, 6.07) is 57.3. The minimum atomic E-state index is 0.440. The summed E-state index contributed by atoms with van der Waals surface area (Å²) < 4.78 is 0. The lowest BCUT2D eigenvalue weighted by Gasteiger charge is -2.15. The molecule has 0 saturated heterocycles. The van der Waals surface area contributed by atoms with Crippen LogP contribution in [-0.2, 0) is 6.54 Å². The number of hydrogen-bond acceptors (Lipinski definition) is 1. The molecule has 0 aromatic heterocycles. The van der Waals surface area contributed by atoms with Crippen molar-refractivity contribution in [1.29, 1.82) is 0 Å². The number of nitrogens with zero attached hydrogens (tertiary/aromatic N) is 2. The first-order chi connectivity index (χ1) is 22.7. The fourth-order valence-electron chi connectivity index (χ4n) is 6.49. The van der Waals surface area contributed by atoms with Crippen LogP contribution in [-0.4, -0.2) is 11.7 Å². The minimum Gasteiger partial charge on any atom is -0.383 e. The van der Waals surface area contributed by atoms with Crippen LogP contribution in [0.3, 0.4) is 0 Å². The van der Waals surface area contributed by atoms with E-state index in [1.54, 1.807) is 0 Å². The molecule has 0 spiro atoms. The average molecular weight is 590 g/mol. The molecule has 0 aliphatic carbocycles. The maximum absolute atomic E-state index is 6.50. The Hall–Kier alpha value is -6.06. The van der Waals surface area contributed by atoms with Gasteiger partial charge in [0.1, 0.15) is 5.84 Å². The summed E-state index contributed by atoms with van der Waals surface area (Å²) >= 11 is 0. The normalized spacial score (nSPS) is 12.3. The highest BCUT2D eigenvalue weighted by Crippen LogP contribution is 2.38. The fraction of sp³-hybridized carbons (Fsp3) is 0.0233. The van der Waals surface area contributed by atoms with Gasteiger partial charge >= 0.3 is 0 Å². The molecule has 2 N–H and O–H groups in total. The second-order valence-electron chi connectivity index (χ2n) is 11.6. The molecule has 0 fully saturated rings. The molecular weight excluding hydrogens is 558 g/mol. The maximum atomic E-state index is 6.50. The molecule has 3 nitrogen and oxygen atoms in total. The van der Waals surface area contributed by atoms with Crippen molar-refractivity contribution < 1.29 is 0 Å². The summed E-state index contributed by atoms with van der Waals surface area (Å²) in [4.78, 5) is 9.97. The van der Waals surface area contributed by atoms with Crippen LogP contribution in [0.5, 0.6) is 0 Å². The predicted octanol–water partition coefficient (Wildman–Crippen LogP) is 10.3. The third-order valence-corrected chi connectivity index (χ3v) is 8.75. The van der Waals surface area contributed by atoms with Gasteiger partial charge in [-0.1, -0.05) is 146 Å². The van der Waals surface area contributed by atoms with Crippen molar-refractivity contribution >= 4 is 54.8 Å². The highest BCUT2D eigenvalue weighted by Gasteiger charge is 2.13. The molecule has 0 bridgehead atoms. The van der Waals surface area contributed by atoms with E-state index in [9.17, 15) is 0 Å². The third kappa shape index (κ3) is 5.08. The molecule has 0 unspecified atom stereocenters. The first kappa shape index (κ1) is 27.5. The zero-order valence-corrected chi connectivity index (χ0v) is 25.3. The first-order valence-corrected chi connectivity index (χ1v) is 15.6. The van der Waals surface area contributed by atoms with E-state index in [4.69, 9.17) is 15.7 Å². The smallest absolute Gasteiger partial charge is 0.157 e. The molecule has 0 amide bonds. The number of nitrogens with two attached hydrogens (primary N) is 1. The summed E-state index contributed by atoms with van der Waals surface area (Å²) in [5.74, 6) is 1.05. The van der Waals surface area contributed by atoms with Crippen LogP contribution in [0.15, 0.2) is 174 Å². The number of rotatable bonds is 5. The molecular formula is C43H31N3. The standard InChI is InChI=1S/C43H31N3/c44-42(29-13-3-1-4-14-29)46-43(30-15-5-2-6-16-30)45-28-34-25-31-17-7-8-18-32(31)26-40(34)33-23-24-39-37-21-10-9-19-35(37)36-20-11-12-22-38(36)41(39)27-33/h1-27H,28H2,(H2,44,45,46). The van der Waals surface area contributed by atoms with E-state index in [1.165, 1.54) is 43.1 Å². The van der Waals surface area contributed by atoms with Crippen LogP contribution in [0, 0.1) is 0 Å². The van der Waals surface area contributed by atoms with Gasteiger partial charge in [0, 0.05) is 11.1 Å². The topological polar surface area (TPSA) is 50.7 Å². The zero-order valence-electron chi connectivity index (χ0n) is 25.3. The van der Waals surface area contributed by atoms with Crippen molar-refractivity contribution in [1.82, 2.24) is 0 Å². The van der Waals surface area contributed by atoms with Crippen molar-refractivity contribution in [3.63, 3.8) is 0 Å². The van der Waals surface area contributed by atoms with E-state index in [2.05, 4.69) is 103 Å². The summed E-state index contributed by atoms with van der Waals surface area (Å²) in [6.45, 7) is 0.451. The Morgan fingerprint density at radius 3 is 1.59 bits per heavy atom. The van der Waals surface area contributed by atoms with Gasteiger partial charge in [-0.3, -0.25) is 4.99 Å². The van der Waals surface area contributed by atoms with E-state index in [0.717, 1.165) is 27.8 Å². The maximum Gasteiger partial charge on any atom is 0.157 e. The molecule has 0 radical (unpaired) electrons. The molecule has 0 saturated carbocycles. The predicted molar refractivity (Wildman–Crippen MR) is 196 cm³/mol. The lowest BCUT2D eigenvalue weighted by molar-refractivity contribution is 1.07. The average Bonchev–Trinajstić information content (AvgIpc) is 3.13. The van der Waals surface area contributed by atoms with E-state index < -0.39 is 0 Å². The lowest BCUT2D eigenvalue weighted by atomic mass is 9.90. The van der Waals surface area contributed by atoms with Gasteiger partial charge in [-0.2, -0.15) is 0 Å². The van der Waals surface area contributed by atoms with E-state index in [-0.39, 0.29) is 0 Å². The molecule has 218 valence electrons. The van der Waals surface area contributed by atoms with E-state index in [0.29, 0.717) is 18.2 Å². The Morgan fingerprint density at radius 2 is 0.957 bits per heavy atom. The summed E-state index contributed by atoms with van der Waals surface area (Å²) in [5, 5.41) is 9.97. The van der Waals surface area contributed by atoms with E-state index >= 15 is 0 Å². The Bertz CT molecular complexity index is 2410. The van der Waals surface area contributed by atoms with Gasteiger partial charge in [0.05, 0.1) is 6.54 Å². The zero-order chi connectivity index (χ0) is 30.9. The number of hydrogen-bond donors (Lipinski definition) is 1. The molecule has 3 heteroatoms. The van der Waals surface area contributed by atoms with Crippen LogP contribution in [0.2, 0.25) is 0 Å². The van der Waals surface area contributed by atoms with Gasteiger partial charge in [0.2, 0.25) is 0 Å². The van der Waals surface area contributed by atoms with Gasteiger partial charge in [0.25, 0.3) is 0 Å². The Kier molecular flexibility index (Phi) is 7.05. The van der Waals surface area contributed by atoms with Crippen molar-refractivity contribution in [2.24, 2.45) is 15.7 Å². The van der Waals surface area contributed by atoms with Gasteiger partial charge in [-0.05, 0) is 78.0 Å². The van der Waals surface area contributed by atoms with Crippen LogP contribution in [0.25, 0.3) is 54.2 Å². The highest BCUT2D eigenvalue weighted by atomic mass is 15.0. The minimum absolute atomic E-state index is 0.440. The third-order valence-electron chi connectivity index (χ3n) is 8.75. The first-order valence-electron chi connectivity index (χ1n) is 15.6. The Labute approximate surface area is 268 Å². The largest absolute Gasteiger partial charge is 0.383 e. The molecule has 46 heavy (non-hydrogen) atoms. The van der Waals surface area contributed by atoms with Gasteiger partial charge in [-0.15, -0.1) is 0 Å². The number of aliphatic imine (C=N–C) groups is 2. The molecule has 0 aliphatic rings. The second kappa shape index (κ2) is 11.8. The monoisotopic (exact) mass is 589 g/mol. The fourth-order valence-corrected chi connectivity index (χ4v) is 6.49. The molecule has 8 aromatic rings. The van der Waals surface area contributed by atoms with Gasteiger partial charge in [0.15, 0.2) is 5.84 Å². The molecule has 0 heterocycles. The van der Waals surface area contributed by atoms with Crippen molar-refractivity contribution in [2.45, 2.75) is 6.54 Å². The quantitative estimate of drug-likeness (QED) is 0.121. The van der Waals surface area contributed by atoms with Gasteiger partial charge < -0.3 is 5.73 Å². The number of benzene rings is 8. The van der Waals surface area contributed by atoms with E-state index in [1.807, 2.05) is 60.7 Å². The van der Waals surface area contributed by atoms with Crippen molar-refractivity contribution in [3.8, 4) is 11.1 Å². The molecule has 8 rings (SSSR count). The SMILES string of the molecule is N/C(=N\C(=N/Cc1cc2ccccc2cc1-c1ccc2c3ccccc3c3ccccc3c2c1)c1ccccc1)c1ccccc1. The summed E-state index contributed by atoms with van der Waals surface area (Å²) in [5.41, 5.74) is 11.8. The van der Waals surface area contributed by atoms with Crippen LogP contribution in [0.1, 0.15) is 16.7 Å². The molecule has 0 aliphatic heterocycles. The lowest BCUT2D eigenvalue weighted by Crippen LogP contribution is -2.16. The number of fused-ring (bicyclic) bond motifs is 7. The molecule has 8 aromatic carbocycles. The highest BCUT2D eigenvalue weighted by molar-refractivity contribution is 6.25. The summed E-state index contributed by atoms with van der Waals surface area (Å²) in [6.07, 6.45) is 0. The molecule has 0 atom stereocenters.